The molecule has 0 aliphatic rings. The van der Waals surface area contributed by atoms with Crippen LogP contribution in [0.4, 0.5) is 5.82 Å². The number of hydrogen-bond donors (Lipinski definition) is 1. The lowest BCUT2D eigenvalue weighted by atomic mass is 10.2. The molecule has 3 aromatic rings. The molecule has 0 aromatic carbocycles. The molecule has 5 nitrogen and oxygen atoms in total. The highest BCUT2D eigenvalue weighted by Gasteiger charge is 2.02. The number of nitrogens with zero attached hydrogens (tertiary/aromatic N) is 4. The Morgan fingerprint density at radius 3 is 2.94 bits per heavy atom. The van der Waals surface area contributed by atoms with Gasteiger partial charge in [-0.1, -0.05) is 6.07 Å². The zero-order chi connectivity index (χ0) is 12.4. The van der Waals surface area contributed by atoms with E-state index in [4.69, 9.17) is 0 Å². The first-order valence-corrected chi connectivity index (χ1v) is 5.77. The van der Waals surface area contributed by atoms with Crippen LogP contribution in [0.15, 0.2) is 43.0 Å². The van der Waals surface area contributed by atoms with Gasteiger partial charge in [-0.15, -0.1) is 0 Å². The number of aromatic nitrogens is 4. The van der Waals surface area contributed by atoms with Gasteiger partial charge in [-0.05, 0) is 24.6 Å². The molecule has 0 spiro atoms. The van der Waals surface area contributed by atoms with Crippen molar-refractivity contribution in [1.29, 1.82) is 0 Å². The Kier molecular flexibility index (Phi) is 2.64. The van der Waals surface area contributed by atoms with Crippen molar-refractivity contribution in [2.45, 2.75) is 13.5 Å². The summed E-state index contributed by atoms with van der Waals surface area (Å²) < 4.78 is 1.79. The SMILES string of the molecule is Cc1ccc(CNc2nccn3nccc23)cn1. The van der Waals surface area contributed by atoms with Gasteiger partial charge in [-0.3, -0.25) is 4.98 Å². The number of nitrogens with one attached hydrogen (secondary N) is 1. The average Bonchev–Trinajstić information content (AvgIpc) is 2.87. The molecule has 0 amide bonds. The normalized spacial score (nSPS) is 10.7. The van der Waals surface area contributed by atoms with E-state index in [-0.39, 0.29) is 0 Å². The first-order chi connectivity index (χ1) is 8.83. The lowest BCUT2D eigenvalue weighted by Gasteiger charge is -2.06. The van der Waals surface area contributed by atoms with Crippen LogP contribution in [0, 0.1) is 6.92 Å². The van der Waals surface area contributed by atoms with E-state index in [0.29, 0.717) is 6.54 Å². The summed E-state index contributed by atoms with van der Waals surface area (Å²) in [6.45, 7) is 2.68. The number of anilines is 1. The van der Waals surface area contributed by atoms with Crippen molar-refractivity contribution in [2.24, 2.45) is 0 Å². The minimum Gasteiger partial charge on any atom is -0.364 e. The van der Waals surface area contributed by atoms with E-state index in [2.05, 4.69) is 26.4 Å². The van der Waals surface area contributed by atoms with E-state index in [1.807, 2.05) is 31.5 Å². The summed E-state index contributed by atoms with van der Waals surface area (Å²) in [5.41, 5.74) is 3.12. The molecule has 0 saturated carbocycles. The fraction of sp³-hybridized carbons (Fsp3) is 0.154. The van der Waals surface area contributed by atoms with Gasteiger partial charge in [0.1, 0.15) is 5.52 Å². The summed E-state index contributed by atoms with van der Waals surface area (Å²) in [5, 5.41) is 7.47. The zero-order valence-corrected chi connectivity index (χ0v) is 10.0. The lowest BCUT2D eigenvalue weighted by Crippen LogP contribution is -2.03. The number of pyridine rings is 1. The Balaban J connectivity index is 1.80. The quantitative estimate of drug-likeness (QED) is 0.760. The van der Waals surface area contributed by atoms with Crippen molar-refractivity contribution in [3.05, 3.63) is 54.2 Å². The minimum absolute atomic E-state index is 0.700. The molecule has 3 rings (SSSR count). The fourth-order valence-electron chi connectivity index (χ4n) is 1.78. The van der Waals surface area contributed by atoms with Gasteiger partial charge in [0, 0.05) is 30.8 Å². The van der Waals surface area contributed by atoms with Crippen LogP contribution in [0.3, 0.4) is 0 Å². The molecule has 3 heterocycles. The lowest BCUT2D eigenvalue weighted by molar-refractivity contribution is 0.941. The first-order valence-electron chi connectivity index (χ1n) is 5.77. The topological polar surface area (TPSA) is 55.1 Å². The van der Waals surface area contributed by atoms with Gasteiger partial charge in [0.05, 0.1) is 6.20 Å². The van der Waals surface area contributed by atoms with Crippen molar-refractivity contribution in [1.82, 2.24) is 19.6 Å². The maximum absolute atomic E-state index is 4.32. The molecule has 0 fully saturated rings. The molecule has 0 saturated heterocycles. The number of rotatable bonds is 3. The molecule has 0 bridgehead atoms. The predicted octanol–water partition coefficient (Wildman–Crippen LogP) is 2.04. The summed E-state index contributed by atoms with van der Waals surface area (Å²) in [6.07, 6.45) is 7.19. The maximum atomic E-state index is 4.32. The van der Waals surface area contributed by atoms with Crippen LogP contribution >= 0.6 is 0 Å². The molecular formula is C13H13N5. The number of hydrogen-bond acceptors (Lipinski definition) is 4. The Labute approximate surface area is 105 Å². The van der Waals surface area contributed by atoms with Crippen LogP contribution in [0.1, 0.15) is 11.3 Å². The minimum atomic E-state index is 0.700. The van der Waals surface area contributed by atoms with Gasteiger partial charge in [-0.25, -0.2) is 9.50 Å². The highest BCUT2D eigenvalue weighted by Crippen LogP contribution is 2.13. The Bertz CT molecular complexity index is 656. The van der Waals surface area contributed by atoms with E-state index in [0.717, 1.165) is 22.6 Å². The number of aryl methyl sites for hydroxylation is 1. The van der Waals surface area contributed by atoms with E-state index >= 15 is 0 Å². The van der Waals surface area contributed by atoms with Gasteiger partial charge in [0.25, 0.3) is 0 Å². The van der Waals surface area contributed by atoms with E-state index in [9.17, 15) is 0 Å². The monoisotopic (exact) mass is 239 g/mol. The molecule has 0 aliphatic heterocycles. The zero-order valence-electron chi connectivity index (χ0n) is 10.0. The van der Waals surface area contributed by atoms with Crippen LogP contribution in [-0.4, -0.2) is 19.6 Å². The van der Waals surface area contributed by atoms with E-state index in [1.54, 1.807) is 16.9 Å². The van der Waals surface area contributed by atoms with Crippen molar-refractivity contribution < 1.29 is 0 Å². The molecule has 18 heavy (non-hydrogen) atoms. The van der Waals surface area contributed by atoms with E-state index in [1.165, 1.54) is 0 Å². The Morgan fingerprint density at radius 2 is 2.11 bits per heavy atom. The summed E-state index contributed by atoms with van der Waals surface area (Å²) in [4.78, 5) is 8.59. The highest BCUT2D eigenvalue weighted by molar-refractivity contribution is 5.66. The second-order valence-corrected chi connectivity index (χ2v) is 4.10. The predicted molar refractivity (Wildman–Crippen MR) is 69.3 cm³/mol. The summed E-state index contributed by atoms with van der Waals surface area (Å²) in [6, 6.07) is 6.00. The smallest absolute Gasteiger partial charge is 0.152 e. The molecule has 90 valence electrons. The van der Waals surface area contributed by atoms with Gasteiger partial charge < -0.3 is 5.32 Å². The molecule has 0 aliphatic carbocycles. The van der Waals surface area contributed by atoms with Gasteiger partial charge in [0.2, 0.25) is 0 Å². The Hall–Kier alpha value is -2.43. The largest absolute Gasteiger partial charge is 0.364 e. The molecule has 0 radical (unpaired) electrons. The molecular weight excluding hydrogens is 226 g/mol. The third-order valence-corrected chi connectivity index (χ3v) is 2.76. The first kappa shape index (κ1) is 10.7. The standard InChI is InChI=1S/C13H13N5/c1-10-2-3-11(8-15-10)9-16-13-12-4-5-17-18(12)7-6-14-13/h2-8H,9H2,1H3,(H,14,16). The Morgan fingerprint density at radius 1 is 1.17 bits per heavy atom. The van der Waals surface area contributed by atoms with Crippen LogP contribution in [0.25, 0.3) is 5.52 Å². The molecule has 1 N–H and O–H groups in total. The fourth-order valence-corrected chi connectivity index (χ4v) is 1.78. The van der Waals surface area contributed by atoms with E-state index < -0.39 is 0 Å². The summed E-state index contributed by atoms with van der Waals surface area (Å²) in [7, 11) is 0. The average molecular weight is 239 g/mol. The van der Waals surface area contributed by atoms with Gasteiger partial charge in [0.15, 0.2) is 5.82 Å². The summed E-state index contributed by atoms with van der Waals surface area (Å²) >= 11 is 0. The highest BCUT2D eigenvalue weighted by atomic mass is 15.2. The maximum Gasteiger partial charge on any atom is 0.152 e. The number of fused-ring (bicyclic) bond motifs is 1. The third-order valence-electron chi connectivity index (χ3n) is 2.76. The van der Waals surface area contributed by atoms with Crippen molar-refractivity contribution in [2.75, 3.05) is 5.32 Å². The van der Waals surface area contributed by atoms with Crippen LogP contribution in [0.5, 0.6) is 0 Å². The second kappa shape index (κ2) is 4.44. The molecule has 0 unspecified atom stereocenters. The van der Waals surface area contributed by atoms with Crippen LogP contribution in [0.2, 0.25) is 0 Å². The van der Waals surface area contributed by atoms with Crippen LogP contribution in [-0.2, 0) is 6.54 Å². The third kappa shape index (κ3) is 2.02. The van der Waals surface area contributed by atoms with Crippen molar-refractivity contribution in [3.8, 4) is 0 Å². The summed E-state index contributed by atoms with van der Waals surface area (Å²) in [5.74, 6) is 0.829. The van der Waals surface area contributed by atoms with Crippen molar-refractivity contribution in [3.63, 3.8) is 0 Å². The van der Waals surface area contributed by atoms with Gasteiger partial charge >= 0.3 is 0 Å². The molecule has 0 atom stereocenters. The van der Waals surface area contributed by atoms with Crippen molar-refractivity contribution >= 4 is 11.3 Å². The molecule has 3 aromatic heterocycles. The molecule has 5 heteroatoms. The van der Waals surface area contributed by atoms with Gasteiger partial charge in [-0.2, -0.15) is 5.10 Å². The van der Waals surface area contributed by atoms with Crippen LogP contribution < -0.4 is 5.32 Å². The second-order valence-electron chi connectivity index (χ2n) is 4.10.